The van der Waals surface area contributed by atoms with Crippen LogP contribution in [0.5, 0.6) is 0 Å². The van der Waals surface area contributed by atoms with Gasteiger partial charge in [0.05, 0.1) is 0 Å². The summed E-state index contributed by atoms with van der Waals surface area (Å²) in [7, 11) is 0. The Morgan fingerprint density at radius 1 is 1.04 bits per heavy atom. The van der Waals surface area contributed by atoms with Crippen LogP contribution >= 0.6 is 12.4 Å². The highest BCUT2D eigenvalue weighted by Crippen LogP contribution is 2.26. The summed E-state index contributed by atoms with van der Waals surface area (Å²) in [6.45, 7) is 0.484. The van der Waals surface area contributed by atoms with Gasteiger partial charge >= 0.3 is 0 Å². The summed E-state index contributed by atoms with van der Waals surface area (Å²) >= 11 is 0. The summed E-state index contributed by atoms with van der Waals surface area (Å²) in [5.41, 5.74) is 7.67. The molecule has 5 nitrogen and oxygen atoms in total. The number of carbonyl (C=O) groups is 2. The third-order valence-corrected chi connectivity index (χ3v) is 5.23. The van der Waals surface area contributed by atoms with Crippen LogP contribution in [0.25, 0.3) is 0 Å². The molecule has 4 N–H and O–H groups in total. The molecule has 0 heterocycles. The van der Waals surface area contributed by atoms with E-state index in [1.54, 1.807) is 0 Å². The fraction of sp³-hybridized carbons (Fsp3) is 0.579. The van der Waals surface area contributed by atoms with Crippen LogP contribution in [0.4, 0.5) is 5.69 Å². The van der Waals surface area contributed by atoms with Crippen LogP contribution in [0.2, 0.25) is 0 Å². The lowest BCUT2D eigenvalue weighted by molar-refractivity contribution is -0.125. The Hall–Kier alpha value is -1.59. The molecule has 2 unspecified atom stereocenters. The number of nitrogens with two attached hydrogens (primary N) is 1. The summed E-state index contributed by atoms with van der Waals surface area (Å²) in [6.07, 6.45) is 6.87. The van der Waals surface area contributed by atoms with Gasteiger partial charge in [0.15, 0.2) is 0 Å². The highest BCUT2D eigenvalue weighted by Gasteiger charge is 2.27. The summed E-state index contributed by atoms with van der Waals surface area (Å²) in [6, 6.07) is 7.88. The summed E-state index contributed by atoms with van der Waals surface area (Å²) in [4.78, 5) is 24.4. The molecule has 6 heteroatoms. The molecular weight excluding hydrogens is 338 g/mol. The van der Waals surface area contributed by atoms with Crippen molar-refractivity contribution < 1.29 is 9.59 Å². The maximum atomic E-state index is 12.2. The summed E-state index contributed by atoms with van der Waals surface area (Å²) in [5, 5.41) is 5.99. The first-order chi connectivity index (χ1) is 11.6. The van der Waals surface area contributed by atoms with Crippen molar-refractivity contribution in [3.8, 4) is 0 Å². The SMILES string of the molecule is Cl.NC1CCC(C(=O)NCc2cccc(NC(=O)C3CCCC3)c2)C1. The van der Waals surface area contributed by atoms with Gasteiger partial charge in [-0.2, -0.15) is 0 Å². The zero-order chi connectivity index (χ0) is 16.9. The van der Waals surface area contributed by atoms with Crippen molar-refractivity contribution in [2.24, 2.45) is 17.6 Å². The monoisotopic (exact) mass is 365 g/mol. The largest absolute Gasteiger partial charge is 0.352 e. The average Bonchev–Trinajstić information content (AvgIpc) is 3.24. The average molecular weight is 366 g/mol. The van der Waals surface area contributed by atoms with E-state index in [-0.39, 0.29) is 42.1 Å². The first kappa shape index (κ1) is 19.7. The molecular formula is C19H28ClN3O2. The van der Waals surface area contributed by atoms with Crippen LogP contribution < -0.4 is 16.4 Å². The predicted octanol–water partition coefficient (Wildman–Crippen LogP) is 2.98. The second-order valence-electron chi connectivity index (χ2n) is 7.16. The highest BCUT2D eigenvalue weighted by molar-refractivity contribution is 5.92. The molecule has 0 radical (unpaired) electrons. The molecule has 2 saturated carbocycles. The lowest BCUT2D eigenvalue weighted by atomic mass is 10.1. The molecule has 2 aliphatic rings. The fourth-order valence-electron chi connectivity index (χ4n) is 3.78. The Bertz CT molecular complexity index is 602. The Morgan fingerprint density at radius 2 is 1.80 bits per heavy atom. The number of hydrogen-bond acceptors (Lipinski definition) is 3. The van der Waals surface area contributed by atoms with Crippen LogP contribution in [0.15, 0.2) is 24.3 Å². The van der Waals surface area contributed by atoms with Gasteiger partial charge in [-0.15, -0.1) is 12.4 Å². The van der Waals surface area contributed by atoms with Gasteiger partial charge in [0, 0.05) is 30.1 Å². The molecule has 25 heavy (non-hydrogen) atoms. The van der Waals surface area contributed by atoms with Gasteiger partial charge < -0.3 is 16.4 Å². The highest BCUT2D eigenvalue weighted by atomic mass is 35.5. The molecule has 1 aromatic rings. The van der Waals surface area contributed by atoms with Gasteiger partial charge in [0.1, 0.15) is 0 Å². The van der Waals surface area contributed by atoms with E-state index < -0.39 is 0 Å². The van der Waals surface area contributed by atoms with Gasteiger partial charge in [-0.3, -0.25) is 9.59 Å². The lowest BCUT2D eigenvalue weighted by Gasteiger charge is -2.13. The topological polar surface area (TPSA) is 84.2 Å². The zero-order valence-electron chi connectivity index (χ0n) is 14.5. The second-order valence-corrected chi connectivity index (χ2v) is 7.16. The van der Waals surface area contributed by atoms with Gasteiger partial charge in [-0.1, -0.05) is 25.0 Å². The van der Waals surface area contributed by atoms with Crippen molar-refractivity contribution in [3.63, 3.8) is 0 Å². The Labute approximate surface area is 155 Å². The molecule has 2 amide bonds. The first-order valence-corrected chi connectivity index (χ1v) is 9.05. The van der Waals surface area contributed by atoms with Crippen molar-refractivity contribution in [2.45, 2.75) is 57.5 Å². The normalized spacial score (nSPS) is 23.1. The van der Waals surface area contributed by atoms with Crippen molar-refractivity contribution in [3.05, 3.63) is 29.8 Å². The Kier molecular flexibility index (Phi) is 7.26. The van der Waals surface area contributed by atoms with Gasteiger partial charge in [-0.25, -0.2) is 0 Å². The molecule has 0 spiro atoms. The number of nitrogens with one attached hydrogen (secondary N) is 2. The number of rotatable bonds is 5. The number of halogens is 1. The van der Waals surface area contributed by atoms with Gasteiger partial charge in [0.25, 0.3) is 0 Å². The third kappa shape index (κ3) is 5.44. The molecule has 0 saturated heterocycles. The predicted molar refractivity (Wildman–Crippen MR) is 101 cm³/mol. The van der Waals surface area contributed by atoms with Crippen LogP contribution in [-0.2, 0) is 16.1 Å². The lowest BCUT2D eigenvalue weighted by Crippen LogP contribution is -2.30. The standard InChI is InChI=1S/C19H27N3O2.ClH/c20-16-9-8-15(11-16)18(23)21-12-13-4-3-7-17(10-13)22-19(24)14-5-1-2-6-14;/h3-4,7,10,14-16H,1-2,5-6,8-9,11-12,20H2,(H,21,23)(H,22,24);1H. The third-order valence-electron chi connectivity index (χ3n) is 5.23. The zero-order valence-corrected chi connectivity index (χ0v) is 15.3. The van der Waals surface area contributed by atoms with E-state index in [4.69, 9.17) is 5.73 Å². The van der Waals surface area contributed by atoms with E-state index in [9.17, 15) is 9.59 Å². The van der Waals surface area contributed by atoms with Crippen molar-refractivity contribution >= 4 is 29.9 Å². The molecule has 0 aliphatic heterocycles. The summed E-state index contributed by atoms with van der Waals surface area (Å²) < 4.78 is 0. The summed E-state index contributed by atoms with van der Waals surface area (Å²) in [5.74, 6) is 0.405. The smallest absolute Gasteiger partial charge is 0.227 e. The number of benzene rings is 1. The van der Waals surface area contributed by atoms with E-state index in [0.717, 1.165) is 56.2 Å². The van der Waals surface area contributed by atoms with Crippen LogP contribution in [-0.4, -0.2) is 17.9 Å². The maximum absolute atomic E-state index is 12.2. The van der Waals surface area contributed by atoms with E-state index in [1.807, 2.05) is 24.3 Å². The maximum Gasteiger partial charge on any atom is 0.227 e. The molecule has 3 rings (SSSR count). The molecule has 2 fully saturated rings. The fourth-order valence-corrected chi connectivity index (χ4v) is 3.78. The van der Waals surface area contributed by atoms with Crippen molar-refractivity contribution in [2.75, 3.05) is 5.32 Å². The minimum absolute atomic E-state index is 0. The number of hydrogen-bond donors (Lipinski definition) is 3. The number of anilines is 1. The number of carbonyl (C=O) groups excluding carboxylic acids is 2. The van der Waals surface area contributed by atoms with Crippen molar-refractivity contribution in [1.29, 1.82) is 0 Å². The molecule has 2 aliphatic carbocycles. The Morgan fingerprint density at radius 3 is 2.48 bits per heavy atom. The molecule has 138 valence electrons. The van der Waals surface area contributed by atoms with E-state index in [0.29, 0.717) is 6.54 Å². The number of amides is 2. The first-order valence-electron chi connectivity index (χ1n) is 9.05. The minimum Gasteiger partial charge on any atom is -0.352 e. The van der Waals surface area contributed by atoms with Crippen molar-refractivity contribution in [1.82, 2.24) is 5.32 Å². The molecule has 1 aromatic carbocycles. The van der Waals surface area contributed by atoms with Crippen LogP contribution in [0.3, 0.4) is 0 Å². The van der Waals surface area contributed by atoms with Crippen LogP contribution in [0.1, 0.15) is 50.5 Å². The quantitative estimate of drug-likeness (QED) is 0.749. The molecule has 0 aromatic heterocycles. The van der Waals surface area contributed by atoms with E-state index in [1.165, 1.54) is 0 Å². The van der Waals surface area contributed by atoms with Gasteiger partial charge in [0.2, 0.25) is 11.8 Å². The van der Waals surface area contributed by atoms with Crippen LogP contribution in [0, 0.1) is 11.8 Å². The molecule has 2 atom stereocenters. The van der Waals surface area contributed by atoms with E-state index in [2.05, 4.69) is 10.6 Å². The molecule has 0 bridgehead atoms. The Balaban J connectivity index is 0.00000225. The van der Waals surface area contributed by atoms with E-state index >= 15 is 0 Å². The second kappa shape index (κ2) is 9.20. The van der Waals surface area contributed by atoms with Gasteiger partial charge in [-0.05, 0) is 49.8 Å². The minimum atomic E-state index is 0.